The molecule has 1 heterocycles. The Bertz CT molecular complexity index is 768. The highest BCUT2D eigenvalue weighted by molar-refractivity contribution is 8.14. The largest absolute Gasteiger partial charge is 0.493 e. The molecule has 116 valence electrons. The van der Waals surface area contributed by atoms with Crippen LogP contribution in [0.1, 0.15) is 6.92 Å². The number of aromatic nitrogens is 1. The monoisotopic (exact) mass is 341 g/mol. The van der Waals surface area contributed by atoms with Crippen molar-refractivity contribution in [1.29, 1.82) is 0 Å². The first-order valence-corrected chi connectivity index (χ1v) is 8.20. The van der Waals surface area contributed by atoms with E-state index in [0.717, 1.165) is 10.8 Å². The highest BCUT2D eigenvalue weighted by Crippen LogP contribution is 2.36. The van der Waals surface area contributed by atoms with E-state index in [9.17, 15) is 21.6 Å². The molecular weight excluding hydrogens is 331 g/mol. The summed E-state index contributed by atoms with van der Waals surface area (Å²) < 4.78 is 67.0. The minimum atomic E-state index is -4.49. The predicted molar refractivity (Wildman–Crippen MR) is 72.2 cm³/mol. The normalized spacial score (nSPS) is 12.8. The average molecular weight is 342 g/mol. The van der Waals surface area contributed by atoms with Crippen LogP contribution in [0.25, 0.3) is 10.9 Å². The van der Waals surface area contributed by atoms with Crippen LogP contribution in [0.4, 0.5) is 13.2 Å². The molecule has 0 saturated carbocycles. The lowest BCUT2D eigenvalue weighted by molar-refractivity contribution is -0.139. The van der Waals surface area contributed by atoms with Crippen LogP contribution in [0.5, 0.6) is 5.75 Å². The first-order chi connectivity index (χ1) is 9.63. The fourth-order valence-electron chi connectivity index (χ4n) is 2.07. The summed E-state index contributed by atoms with van der Waals surface area (Å²) in [6, 6.07) is 4.36. The van der Waals surface area contributed by atoms with E-state index < -0.39 is 26.7 Å². The maximum absolute atomic E-state index is 12.6. The third-order valence-electron chi connectivity index (χ3n) is 2.75. The number of halogens is 4. The maximum atomic E-state index is 12.6. The third kappa shape index (κ3) is 3.44. The molecule has 1 aromatic heterocycles. The molecule has 0 saturated heterocycles. The standard InChI is InChI=1S/C12H11ClF3NO3S/c1-2-20-9-5-3-4-8-11(9)10(21(13,18)19)6-17(8)7-12(14,15)16/h3-6H,2,7H2,1H3. The van der Waals surface area contributed by atoms with Crippen LogP contribution >= 0.6 is 10.7 Å². The zero-order chi connectivity index (χ0) is 15.8. The van der Waals surface area contributed by atoms with Crippen molar-refractivity contribution >= 4 is 30.6 Å². The molecule has 1 aromatic carbocycles. The van der Waals surface area contributed by atoms with Gasteiger partial charge in [-0.1, -0.05) is 6.07 Å². The second-order valence-electron chi connectivity index (χ2n) is 4.26. The van der Waals surface area contributed by atoms with Crippen molar-refractivity contribution in [3.63, 3.8) is 0 Å². The summed E-state index contributed by atoms with van der Waals surface area (Å²) in [4.78, 5) is -0.396. The summed E-state index contributed by atoms with van der Waals surface area (Å²) >= 11 is 0. The Labute approximate surface area is 123 Å². The number of nitrogens with zero attached hydrogens (tertiary/aromatic N) is 1. The van der Waals surface area contributed by atoms with E-state index in [2.05, 4.69) is 0 Å². The van der Waals surface area contributed by atoms with E-state index in [1.54, 1.807) is 6.92 Å². The van der Waals surface area contributed by atoms with E-state index in [1.807, 2.05) is 0 Å². The second-order valence-corrected chi connectivity index (χ2v) is 6.79. The van der Waals surface area contributed by atoms with Crippen LogP contribution in [0.15, 0.2) is 29.3 Å². The molecule has 21 heavy (non-hydrogen) atoms. The van der Waals surface area contributed by atoms with Gasteiger partial charge in [0.1, 0.15) is 17.2 Å². The Balaban J connectivity index is 2.77. The molecule has 0 spiro atoms. The summed E-state index contributed by atoms with van der Waals surface area (Å²) in [5.74, 6) is 0.176. The lowest BCUT2D eigenvalue weighted by Gasteiger charge is -2.09. The van der Waals surface area contributed by atoms with Crippen molar-refractivity contribution in [2.75, 3.05) is 6.61 Å². The van der Waals surface area contributed by atoms with Gasteiger partial charge < -0.3 is 9.30 Å². The number of hydrogen-bond donors (Lipinski definition) is 0. The van der Waals surface area contributed by atoms with Crippen molar-refractivity contribution in [1.82, 2.24) is 4.57 Å². The molecule has 0 aliphatic heterocycles. The molecule has 0 aliphatic carbocycles. The van der Waals surface area contributed by atoms with E-state index in [-0.39, 0.29) is 23.3 Å². The molecule has 0 atom stereocenters. The molecule has 0 radical (unpaired) electrons. The number of rotatable bonds is 4. The molecule has 4 nitrogen and oxygen atoms in total. The van der Waals surface area contributed by atoms with Crippen LogP contribution in [0, 0.1) is 0 Å². The van der Waals surface area contributed by atoms with Crippen molar-refractivity contribution in [3.8, 4) is 5.75 Å². The van der Waals surface area contributed by atoms with Crippen LogP contribution in [-0.2, 0) is 15.6 Å². The smallest absolute Gasteiger partial charge is 0.406 e. The van der Waals surface area contributed by atoms with Gasteiger partial charge in [-0.15, -0.1) is 0 Å². The molecule has 0 amide bonds. The van der Waals surface area contributed by atoms with Gasteiger partial charge in [0.15, 0.2) is 0 Å². The maximum Gasteiger partial charge on any atom is 0.406 e. The van der Waals surface area contributed by atoms with Crippen molar-refractivity contribution in [2.24, 2.45) is 0 Å². The van der Waals surface area contributed by atoms with Crippen LogP contribution < -0.4 is 4.74 Å². The fraction of sp³-hybridized carbons (Fsp3) is 0.333. The van der Waals surface area contributed by atoms with Crippen LogP contribution in [0.2, 0.25) is 0 Å². The molecule has 0 aliphatic rings. The number of benzene rings is 1. The number of hydrogen-bond acceptors (Lipinski definition) is 3. The average Bonchev–Trinajstić information content (AvgIpc) is 2.67. The molecule has 2 aromatic rings. The summed E-state index contributed by atoms with van der Waals surface area (Å²) in [5, 5.41) is 0.0543. The SMILES string of the molecule is CCOc1cccc2c1c(S(=O)(=O)Cl)cn2CC(F)(F)F. The fourth-order valence-corrected chi connectivity index (χ4v) is 3.12. The second kappa shape index (κ2) is 5.42. The molecular formula is C12H11ClF3NO3S. The molecule has 9 heteroatoms. The van der Waals surface area contributed by atoms with Gasteiger partial charge in [0, 0.05) is 16.9 Å². The van der Waals surface area contributed by atoms with Gasteiger partial charge in [-0.25, -0.2) is 8.42 Å². The summed E-state index contributed by atoms with van der Waals surface area (Å²) in [6.45, 7) is 0.608. The van der Waals surface area contributed by atoms with Gasteiger partial charge in [-0.05, 0) is 19.1 Å². The van der Waals surface area contributed by atoms with Crippen molar-refractivity contribution in [2.45, 2.75) is 24.5 Å². The Hall–Kier alpha value is -1.41. The zero-order valence-electron chi connectivity index (χ0n) is 10.8. The summed E-state index contributed by atoms with van der Waals surface area (Å²) in [6.07, 6.45) is -3.61. The number of ether oxygens (including phenoxy) is 1. The van der Waals surface area contributed by atoms with Crippen molar-refractivity contribution < 1.29 is 26.3 Å². The zero-order valence-corrected chi connectivity index (χ0v) is 12.4. The lowest BCUT2D eigenvalue weighted by Crippen LogP contribution is -2.16. The van der Waals surface area contributed by atoms with Gasteiger partial charge in [0.05, 0.1) is 17.5 Å². The minimum absolute atomic E-state index is 0.0543. The minimum Gasteiger partial charge on any atom is -0.493 e. The van der Waals surface area contributed by atoms with E-state index in [0.29, 0.717) is 0 Å². The Morgan fingerprint density at radius 1 is 1.33 bits per heavy atom. The van der Waals surface area contributed by atoms with Gasteiger partial charge in [0.2, 0.25) is 0 Å². The molecule has 0 bridgehead atoms. The molecule has 0 unspecified atom stereocenters. The topological polar surface area (TPSA) is 48.3 Å². The van der Waals surface area contributed by atoms with Gasteiger partial charge in [0.25, 0.3) is 9.05 Å². The van der Waals surface area contributed by atoms with Gasteiger partial charge in [-0.2, -0.15) is 13.2 Å². The third-order valence-corrected chi connectivity index (χ3v) is 4.08. The van der Waals surface area contributed by atoms with Crippen LogP contribution in [-0.4, -0.2) is 25.8 Å². The quantitative estimate of drug-likeness (QED) is 0.799. The summed E-state index contributed by atoms with van der Waals surface area (Å²) in [5.41, 5.74) is 0.0949. The molecule has 0 N–H and O–H groups in total. The van der Waals surface area contributed by atoms with E-state index in [4.69, 9.17) is 15.4 Å². The van der Waals surface area contributed by atoms with E-state index in [1.165, 1.54) is 18.2 Å². The van der Waals surface area contributed by atoms with Gasteiger partial charge in [-0.3, -0.25) is 0 Å². The van der Waals surface area contributed by atoms with Gasteiger partial charge >= 0.3 is 6.18 Å². The number of alkyl halides is 3. The van der Waals surface area contributed by atoms with E-state index >= 15 is 0 Å². The highest BCUT2D eigenvalue weighted by atomic mass is 35.7. The van der Waals surface area contributed by atoms with Crippen LogP contribution in [0.3, 0.4) is 0 Å². The molecule has 0 fully saturated rings. The molecule has 2 rings (SSSR count). The number of fused-ring (bicyclic) bond motifs is 1. The Morgan fingerprint density at radius 3 is 2.52 bits per heavy atom. The lowest BCUT2D eigenvalue weighted by atomic mass is 10.2. The Kier molecular flexibility index (Phi) is 4.12. The Morgan fingerprint density at radius 2 is 2.00 bits per heavy atom. The summed E-state index contributed by atoms with van der Waals surface area (Å²) in [7, 11) is 1.12. The highest BCUT2D eigenvalue weighted by Gasteiger charge is 2.31. The van der Waals surface area contributed by atoms with Crippen molar-refractivity contribution in [3.05, 3.63) is 24.4 Å². The predicted octanol–water partition coefficient (Wildman–Crippen LogP) is 3.53. The first-order valence-electron chi connectivity index (χ1n) is 5.89. The first kappa shape index (κ1) is 16.0.